The Kier molecular flexibility index (Phi) is 3.93. The fourth-order valence-corrected chi connectivity index (χ4v) is 4.20. The summed E-state index contributed by atoms with van der Waals surface area (Å²) in [5.74, 6) is 1.13. The summed E-state index contributed by atoms with van der Waals surface area (Å²) < 4.78 is 44.2. The maximum Gasteiger partial charge on any atom is 0.416 e. The normalized spacial score (nSPS) is 27.8. The Morgan fingerprint density at radius 1 is 1.17 bits per heavy atom. The molecule has 4 heteroatoms. The minimum Gasteiger partial charge on any atom is -0.492 e. The number of benzene rings is 1. The standard InChI is InChI=1S/C19H25F3O/c1-4-17(2,3)13-7-9-18(10-8-13)12-23-16-11-14(19(20,21)22)5-6-15(16)18/h5-6,11,13H,4,7-10,12H2,1-3H3. The summed E-state index contributed by atoms with van der Waals surface area (Å²) in [5.41, 5.74) is 0.636. The SMILES string of the molecule is CCC(C)(C)C1CCC2(CC1)COc1cc(C(F)(F)F)ccc12. The van der Waals surface area contributed by atoms with Crippen molar-refractivity contribution in [3.63, 3.8) is 0 Å². The second kappa shape index (κ2) is 5.42. The molecule has 0 radical (unpaired) electrons. The molecule has 1 saturated carbocycles. The molecule has 1 heterocycles. The van der Waals surface area contributed by atoms with Crippen LogP contribution in [0.2, 0.25) is 0 Å². The Bertz CT molecular complexity index is 581. The molecule has 0 N–H and O–H groups in total. The van der Waals surface area contributed by atoms with Crippen LogP contribution >= 0.6 is 0 Å². The fraction of sp³-hybridized carbons (Fsp3) is 0.684. The second-order valence-electron chi connectivity index (χ2n) is 7.89. The Hall–Kier alpha value is -1.19. The Labute approximate surface area is 136 Å². The van der Waals surface area contributed by atoms with Crippen molar-refractivity contribution < 1.29 is 17.9 Å². The van der Waals surface area contributed by atoms with Gasteiger partial charge in [0.25, 0.3) is 0 Å². The quantitative estimate of drug-likeness (QED) is 0.651. The highest BCUT2D eigenvalue weighted by Crippen LogP contribution is 2.53. The molecule has 1 aromatic carbocycles. The molecule has 1 aliphatic heterocycles. The number of fused-ring (bicyclic) bond motifs is 2. The van der Waals surface area contributed by atoms with Crippen LogP contribution in [0.1, 0.15) is 64.0 Å². The third kappa shape index (κ3) is 2.85. The van der Waals surface area contributed by atoms with Gasteiger partial charge in [-0.15, -0.1) is 0 Å². The van der Waals surface area contributed by atoms with Gasteiger partial charge < -0.3 is 4.74 Å². The molecule has 0 saturated heterocycles. The first-order chi connectivity index (χ1) is 10.7. The summed E-state index contributed by atoms with van der Waals surface area (Å²) in [4.78, 5) is 0. The number of alkyl halides is 3. The van der Waals surface area contributed by atoms with Crippen LogP contribution < -0.4 is 4.74 Å². The van der Waals surface area contributed by atoms with Crippen LogP contribution in [0.3, 0.4) is 0 Å². The first-order valence-corrected chi connectivity index (χ1v) is 8.52. The van der Waals surface area contributed by atoms with Gasteiger partial charge in [-0.1, -0.05) is 33.3 Å². The molecule has 0 unspecified atom stereocenters. The molecule has 1 nitrogen and oxygen atoms in total. The van der Waals surface area contributed by atoms with E-state index in [4.69, 9.17) is 4.74 Å². The van der Waals surface area contributed by atoms with Crippen LogP contribution in [0.4, 0.5) is 13.2 Å². The van der Waals surface area contributed by atoms with E-state index in [1.54, 1.807) is 6.07 Å². The van der Waals surface area contributed by atoms with Crippen molar-refractivity contribution in [2.45, 2.75) is 64.5 Å². The van der Waals surface area contributed by atoms with Gasteiger partial charge in [-0.2, -0.15) is 13.2 Å². The number of hydrogen-bond acceptors (Lipinski definition) is 1. The van der Waals surface area contributed by atoms with E-state index in [-0.39, 0.29) is 5.41 Å². The predicted octanol–water partition coefficient (Wildman–Crippen LogP) is 5.96. The summed E-state index contributed by atoms with van der Waals surface area (Å²) >= 11 is 0. The highest BCUT2D eigenvalue weighted by molar-refractivity contribution is 5.47. The van der Waals surface area contributed by atoms with E-state index in [0.29, 0.717) is 23.7 Å². The molecule has 128 valence electrons. The molecule has 1 spiro atoms. The smallest absolute Gasteiger partial charge is 0.416 e. The predicted molar refractivity (Wildman–Crippen MR) is 84.6 cm³/mol. The lowest BCUT2D eigenvalue weighted by Crippen LogP contribution is -2.37. The van der Waals surface area contributed by atoms with Crippen LogP contribution in [-0.2, 0) is 11.6 Å². The Balaban J connectivity index is 1.81. The minimum atomic E-state index is -4.31. The average Bonchev–Trinajstić information content (AvgIpc) is 2.85. The Morgan fingerprint density at radius 3 is 2.39 bits per heavy atom. The molecule has 1 aromatic rings. The highest BCUT2D eigenvalue weighted by Gasteiger charge is 2.46. The number of halogens is 3. The van der Waals surface area contributed by atoms with Gasteiger partial charge in [-0.25, -0.2) is 0 Å². The number of ether oxygens (including phenoxy) is 1. The topological polar surface area (TPSA) is 9.23 Å². The van der Waals surface area contributed by atoms with E-state index in [9.17, 15) is 13.2 Å². The van der Waals surface area contributed by atoms with Crippen molar-refractivity contribution in [3.05, 3.63) is 29.3 Å². The average molecular weight is 326 g/mol. The first-order valence-electron chi connectivity index (χ1n) is 8.52. The van der Waals surface area contributed by atoms with Crippen LogP contribution in [0.5, 0.6) is 5.75 Å². The van der Waals surface area contributed by atoms with E-state index in [1.807, 2.05) is 0 Å². The molecular weight excluding hydrogens is 301 g/mol. The number of rotatable bonds is 2. The molecule has 0 atom stereocenters. The van der Waals surface area contributed by atoms with Crippen molar-refractivity contribution in [2.75, 3.05) is 6.61 Å². The summed E-state index contributed by atoms with van der Waals surface area (Å²) in [6, 6.07) is 4.03. The molecular formula is C19H25F3O. The highest BCUT2D eigenvalue weighted by atomic mass is 19.4. The zero-order valence-electron chi connectivity index (χ0n) is 14.1. The van der Waals surface area contributed by atoms with E-state index < -0.39 is 11.7 Å². The molecule has 2 aliphatic rings. The van der Waals surface area contributed by atoms with Gasteiger partial charge in [0, 0.05) is 11.0 Å². The maximum absolute atomic E-state index is 12.9. The third-order valence-corrected chi connectivity index (χ3v) is 6.34. The first kappa shape index (κ1) is 16.7. The van der Waals surface area contributed by atoms with Gasteiger partial charge >= 0.3 is 6.18 Å². The summed E-state index contributed by atoms with van der Waals surface area (Å²) in [6.07, 6.45) is 1.14. The summed E-state index contributed by atoms with van der Waals surface area (Å²) in [6.45, 7) is 7.41. The van der Waals surface area contributed by atoms with Crippen molar-refractivity contribution in [1.29, 1.82) is 0 Å². The van der Waals surface area contributed by atoms with E-state index in [0.717, 1.165) is 37.7 Å². The molecule has 3 rings (SSSR count). The lowest BCUT2D eigenvalue weighted by Gasteiger charge is -2.43. The summed E-state index contributed by atoms with van der Waals surface area (Å²) in [5, 5.41) is 0. The third-order valence-electron chi connectivity index (χ3n) is 6.34. The van der Waals surface area contributed by atoms with Crippen molar-refractivity contribution in [3.8, 4) is 5.75 Å². The van der Waals surface area contributed by atoms with Crippen LogP contribution in [0.15, 0.2) is 18.2 Å². The molecule has 23 heavy (non-hydrogen) atoms. The van der Waals surface area contributed by atoms with Crippen LogP contribution in [0, 0.1) is 11.3 Å². The molecule has 1 aliphatic carbocycles. The molecule has 0 aromatic heterocycles. The van der Waals surface area contributed by atoms with Crippen molar-refractivity contribution in [1.82, 2.24) is 0 Å². The van der Waals surface area contributed by atoms with Gasteiger partial charge in [-0.3, -0.25) is 0 Å². The molecule has 0 bridgehead atoms. The maximum atomic E-state index is 12.9. The van der Waals surface area contributed by atoms with Crippen LogP contribution in [-0.4, -0.2) is 6.61 Å². The van der Waals surface area contributed by atoms with Gasteiger partial charge in [0.05, 0.1) is 12.2 Å². The fourth-order valence-electron chi connectivity index (χ4n) is 4.20. The summed E-state index contributed by atoms with van der Waals surface area (Å²) in [7, 11) is 0. The van der Waals surface area contributed by atoms with Crippen LogP contribution in [0.25, 0.3) is 0 Å². The molecule has 0 amide bonds. The van der Waals surface area contributed by atoms with E-state index in [1.165, 1.54) is 12.1 Å². The zero-order valence-corrected chi connectivity index (χ0v) is 14.1. The molecule has 1 fully saturated rings. The number of hydrogen-bond donors (Lipinski definition) is 0. The van der Waals surface area contributed by atoms with Gasteiger partial charge in [0.2, 0.25) is 0 Å². The van der Waals surface area contributed by atoms with Gasteiger partial charge in [0.1, 0.15) is 5.75 Å². The minimum absolute atomic E-state index is 0.0697. The lowest BCUT2D eigenvalue weighted by molar-refractivity contribution is -0.137. The van der Waals surface area contributed by atoms with Gasteiger partial charge in [-0.05, 0) is 49.1 Å². The van der Waals surface area contributed by atoms with E-state index >= 15 is 0 Å². The zero-order chi connectivity index (χ0) is 16.9. The van der Waals surface area contributed by atoms with Crippen molar-refractivity contribution >= 4 is 0 Å². The largest absolute Gasteiger partial charge is 0.492 e. The van der Waals surface area contributed by atoms with Gasteiger partial charge in [0.15, 0.2) is 0 Å². The van der Waals surface area contributed by atoms with E-state index in [2.05, 4.69) is 20.8 Å². The second-order valence-corrected chi connectivity index (χ2v) is 7.89. The van der Waals surface area contributed by atoms with Crippen molar-refractivity contribution in [2.24, 2.45) is 11.3 Å². The Morgan fingerprint density at radius 2 is 1.83 bits per heavy atom. The monoisotopic (exact) mass is 326 g/mol. The lowest BCUT2D eigenvalue weighted by atomic mass is 9.61.